The number of benzene rings is 1. The second-order valence-electron chi connectivity index (χ2n) is 6.62. The van der Waals surface area contributed by atoms with E-state index in [-0.39, 0.29) is 18.0 Å². The number of ether oxygens (including phenoxy) is 1. The van der Waals surface area contributed by atoms with Crippen molar-refractivity contribution in [3.05, 3.63) is 64.5 Å². The Morgan fingerprint density at radius 2 is 2.10 bits per heavy atom. The van der Waals surface area contributed by atoms with Gasteiger partial charge in [0.1, 0.15) is 12.9 Å². The summed E-state index contributed by atoms with van der Waals surface area (Å²) >= 11 is 0. The van der Waals surface area contributed by atoms with E-state index in [1.807, 2.05) is 13.8 Å². The van der Waals surface area contributed by atoms with E-state index >= 15 is 0 Å². The molecule has 2 N–H and O–H groups in total. The van der Waals surface area contributed by atoms with Crippen LogP contribution in [0.5, 0.6) is 0 Å². The number of rotatable bonds is 6. The molecule has 0 aliphatic heterocycles. The first-order valence-corrected chi connectivity index (χ1v) is 8.98. The number of aromatic amines is 1. The number of imidazole rings is 1. The maximum absolute atomic E-state index is 12.7. The number of nitrogens with one attached hydrogen (secondary N) is 2. The van der Waals surface area contributed by atoms with Crippen molar-refractivity contribution < 1.29 is 14.3 Å². The molecular weight excluding hydrogens is 374 g/mol. The van der Waals surface area contributed by atoms with E-state index in [4.69, 9.17) is 0 Å². The third kappa shape index (κ3) is 4.40. The molecule has 1 amide bonds. The summed E-state index contributed by atoms with van der Waals surface area (Å²) in [6, 6.07) is 6.74. The molecule has 0 saturated carbocycles. The van der Waals surface area contributed by atoms with Gasteiger partial charge in [0, 0.05) is 29.1 Å². The molecule has 0 atom stereocenters. The zero-order chi connectivity index (χ0) is 21.0. The highest BCUT2D eigenvalue weighted by Gasteiger charge is 2.18. The molecule has 1 aromatic carbocycles. The van der Waals surface area contributed by atoms with Crippen molar-refractivity contribution in [1.29, 1.82) is 0 Å². The van der Waals surface area contributed by atoms with E-state index in [1.54, 1.807) is 41.2 Å². The average Bonchev–Trinajstić information content (AvgIpc) is 3.25. The minimum Gasteiger partial charge on any atom is -0.468 e. The lowest BCUT2D eigenvalue weighted by Crippen LogP contribution is -2.30. The molecule has 2 heterocycles. The van der Waals surface area contributed by atoms with Gasteiger partial charge in [-0.3, -0.25) is 23.9 Å². The minimum absolute atomic E-state index is 0.0881. The lowest BCUT2D eigenvalue weighted by Gasteiger charge is -2.14. The molecule has 3 rings (SSSR count). The van der Waals surface area contributed by atoms with Crippen molar-refractivity contribution in [1.82, 2.24) is 24.8 Å². The van der Waals surface area contributed by atoms with Crippen molar-refractivity contribution >= 4 is 11.9 Å². The Bertz CT molecular complexity index is 1090. The van der Waals surface area contributed by atoms with E-state index < -0.39 is 11.9 Å². The fraction of sp³-hybridized carbons (Fsp3) is 0.250. The van der Waals surface area contributed by atoms with Gasteiger partial charge in [-0.2, -0.15) is 0 Å². The first-order chi connectivity index (χ1) is 13.9. The van der Waals surface area contributed by atoms with Crippen LogP contribution in [0, 0.1) is 0 Å². The van der Waals surface area contributed by atoms with Crippen molar-refractivity contribution in [2.24, 2.45) is 0 Å². The first-order valence-electron chi connectivity index (χ1n) is 8.98. The van der Waals surface area contributed by atoms with Crippen molar-refractivity contribution in [2.45, 2.75) is 19.8 Å². The summed E-state index contributed by atoms with van der Waals surface area (Å²) in [6.07, 6.45) is 4.80. The van der Waals surface area contributed by atoms with E-state index in [0.29, 0.717) is 28.3 Å². The molecule has 2 aromatic heterocycles. The monoisotopic (exact) mass is 395 g/mol. The summed E-state index contributed by atoms with van der Waals surface area (Å²) in [7, 11) is 1.25. The molecule has 150 valence electrons. The van der Waals surface area contributed by atoms with Crippen molar-refractivity contribution in [3.63, 3.8) is 0 Å². The number of nitrogens with zero attached hydrogens (tertiary/aromatic N) is 3. The van der Waals surface area contributed by atoms with Gasteiger partial charge in [-0.1, -0.05) is 26.0 Å². The summed E-state index contributed by atoms with van der Waals surface area (Å²) in [5.41, 5.74) is 1.70. The number of H-pyrrole nitrogens is 1. The first kappa shape index (κ1) is 20.0. The Labute approximate surface area is 166 Å². The van der Waals surface area contributed by atoms with Gasteiger partial charge in [0.2, 0.25) is 5.95 Å². The van der Waals surface area contributed by atoms with E-state index in [0.717, 1.165) is 0 Å². The van der Waals surface area contributed by atoms with Gasteiger partial charge >= 0.3 is 5.97 Å². The van der Waals surface area contributed by atoms with Gasteiger partial charge in [0.05, 0.1) is 12.8 Å². The number of carbonyl (C=O) groups is 2. The summed E-state index contributed by atoms with van der Waals surface area (Å²) in [5.74, 6) is -0.733. The number of esters is 1. The summed E-state index contributed by atoms with van der Waals surface area (Å²) in [5, 5.41) is 2.50. The number of hydrogen-bond donors (Lipinski definition) is 2. The summed E-state index contributed by atoms with van der Waals surface area (Å²) < 4.78 is 6.12. The molecule has 0 unspecified atom stereocenters. The van der Waals surface area contributed by atoms with Gasteiger partial charge in [-0.25, -0.2) is 9.97 Å². The molecule has 0 saturated heterocycles. The van der Waals surface area contributed by atoms with E-state index in [9.17, 15) is 14.4 Å². The highest BCUT2D eigenvalue weighted by molar-refractivity contribution is 5.97. The molecule has 3 aromatic rings. The Hall–Kier alpha value is -3.75. The third-order valence-corrected chi connectivity index (χ3v) is 4.29. The number of carbonyl (C=O) groups excluding carboxylic acids is 2. The van der Waals surface area contributed by atoms with Gasteiger partial charge < -0.3 is 10.1 Å². The Morgan fingerprint density at radius 3 is 2.76 bits per heavy atom. The van der Waals surface area contributed by atoms with Crippen molar-refractivity contribution in [3.8, 4) is 17.2 Å². The van der Waals surface area contributed by atoms with Crippen LogP contribution in [-0.2, 0) is 9.53 Å². The van der Waals surface area contributed by atoms with Crippen LogP contribution in [-0.4, -0.2) is 45.1 Å². The highest BCUT2D eigenvalue weighted by Crippen LogP contribution is 2.26. The van der Waals surface area contributed by atoms with Crippen LogP contribution in [0.15, 0.2) is 47.8 Å². The maximum Gasteiger partial charge on any atom is 0.325 e. The lowest BCUT2D eigenvalue weighted by atomic mass is 9.97. The number of aromatic nitrogens is 4. The largest absolute Gasteiger partial charge is 0.468 e. The normalized spacial score (nSPS) is 10.8. The fourth-order valence-electron chi connectivity index (χ4n) is 2.87. The van der Waals surface area contributed by atoms with Crippen LogP contribution in [0.3, 0.4) is 0 Å². The SMILES string of the molecule is COC(=O)CNC(=O)c1cccc(-c2nc(-n3ccnc3)[nH]c(=O)c2C(C)C)c1. The van der Waals surface area contributed by atoms with E-state index in [1.165, 1.54) is 13.4 Å². The van der Waals surface area contributed by atoms with Gasteiger partial charge in [-0.15, -0.1) is 0 Å². The number of methoxy groups -OCH3 is 1. The Balaban J connectivity index is 2.04. The van der Waals surface area contributed by atoms with Crippen LogP contribution < -0.4 is 10.9 Å². The molecule has 0 aliphatic rings. The molecule has 29 heavy (non-hydrogen) atoms. The predicted octanol–water partition coefficient (Wildman–Crippen LogP) is 1.65. The topological polar surface area (TPSA) is 119 Å². The second kappa shape index (κ2) is 8.51. The van der Waals surface area contributed by atoms with Gasteiger partial charge in [-0.05, 0) is 18.1 Å². The van der Waals surface area contributed by atoms with Crippen LogP contribution in [0.2, 0.25) is 0 Å². The van der Waals surface area contributed by atoms with Crippen LogP contribution >= 0.6 is 0 Å². The fourth-order valence-corrected chi connectivity index (χ4v) is 2.87. The third-order valence-electron chi connectivity index (χ3n) is 4.29. The molecule has 0 spiro atoms. The maximum atomic E-state index is 12.7. The molecule has 9 heteroatoms. The number of hydrogen-bond acceptors (Lipinski definition) is 6. The Morgan fingerprint density at radius 1 is 1.31 bits per heavy atom. The summed E-state index contributed by atoms with van der Waals surface area (Å²) in [6.45, 7) is 3.57. The smallest absolute Gasteiger partial charge is 0.325 e. The standard InChI is InChI=1S/C20H21N5O4/c1-12(2)16-17(23-20(24-19(16)28)25-8-7-21-11-25)13-5-4-6-14(9-13)18(27)22-10-15(26)29-3/h4-9,11-12H,10H2,1-3H3,(H,22,27)(H,23,24,28). The number of amides is 1. The van der Waals surface area contributed by atoms with Gasteiger partial charge in [0.25, 0.3) is 11.5 Å². The predicted molar refractivity (Wildman–Crippen MR) is 106 cm³/mol. The average molecular weight is 395 g/mol. The molecule has 0 bridgehead atoms. The van der Waals surface area contributed by atoms with Crippen LogP contribution in [0.25, 0.3) is 17.2 Å². The highest BCUT2D eigenvalue weighted by atomic mass is 16.5. The molecule has 9 nitrogen and oxygen atoms in total. The summed E-state index contributed by atoms with van der Waals surface area (Å²) in [4.78, 5) is 47.7. The zero-order valence-electron chi connectivity index (χ0n) is 16.3. The van der Waals surface area contributed by atoms with Crippen LogP contribution in [0.4, 0.5) is 0 Å². The van der Waals surface area contributed by atoms with Crippen LogP contribution in [0.1, 0.15) is 35.7 Å². The van der Waals surface area contributed by atoms with Gasteiger partial charge in [0.15, 0.2) is 0 Å². The zero-order valence-corrected chi connectivity index (χ0v) is 16.3. The minimum atomic E-state index is -0.544. The molecule has 0 radical (unpaired) electrons. The molecule has 0 fully saturated rings. The Kier molecular flexibility index (Phi) is 5.87. The molecular formula is C20H21N5O4. The quantitative estimate of drug-likeness (QED) is 0.613. The van der Waals surface area contributed by atoms with E-state index in [2.05, 4.69) is 25.0 Å². The molecule has 0 aliphatic carbocycles. The lowest BCUT2D eigenvalue weighted by molar-refractivity contribution is -0.139. The second-order valence-corrected chi connectivity index (χ2v) is 6.62. The van der Waals surface area contributed by atoms with Crippen molar-refractivity contribution in [2.75, 3.05) is 13.7 Å².